The van der Waals surface area contributed by atoms with E-state index < -0.39 is 5.97 Å². The lowest BCUT2D eigenvalue weighted by atomic mass is 9.99. The molecule has 0 radical (unpaired) electrons. The number of hydrogen-bond donors (Lipinski definition) is 1. The van der Waals surface area contributed by atoms with Gasteiger partial charge in [-0.05, 0) is 37.9 Å². The molecule has 16 heavy (non-hydrogen) atoms. The van der Waals surface area contributed by atoms with Crippen LogP contribution in [0.4, 0.5) is 0 Å². The summed E-state index contributed by atoms with van der Waals surface area (Å²) in [6.45, 7) is 0.841. The van der Waals surface area contributed by atoms with Crippen LogP contribution in [0.2, 0.25) is 0 Å². The summed E-state index contributed by atoms with van der Waals surface area (Å²) in [5, 5.41) is 9.01. The quantitative estimate of drug-likeness (QED) is 0.826. The molecule has 4 heteroatoms. The molecule has 1 aliphatic rings. The van der Waals surface area contributed by atoms with E-state index in [1.807, 2.05) is 30.1 Å². The highest BCUT2D eigenvalue weighted by molar-refractivity contribution is 5.73. The average Bonchev–Trinajstić information content (AvgIpc) is 2.61. The first-order chi connectivity index (χ1) is 7.66. The number of likely N-dealkylation sites (N-methyl/N-ethyl adjacent to an activating group) is 1. The van der Waals surface area contributed by atoms with E-state index in [0.717, 1.165) is 25.1 Å². The Balaban J connectivity index is 1.96. The van der Waals surface area contributed by atoms with Crippen molar-refractivity contribution in [2.45, 2.75) is 18.9 Å². The minimum Gasteiger partial charge on any atom is -0.480 e. The molecule has 1 aromatic heterocycles. The first-order valence-electron chi connectivity index (χ1n) is 5.50. The number of likely N-dealkylation sites (tertiary alicyclic amines) is 1. The van der Waals surface area contributed by atoms with Crippen LogP contribution in [-0.2, 0) is 11.2 Å². The molecular weight excluding hydrogens is 204 g/mol. The number of nitrogens with zero attached hydrogens (tertiary/aromatic N) is 2. The zero-order valence-electron chi connectivity index (χ0n) is 9.34. The van der Waals surface area contributed by atoms with Crippen molar-refractivity contribution in [3.05, 3.63) is 30.1 Å². The SMILES string of the molecule is CN1CC(Cc2ccccn2)C[C@H]1C(=O)O. The second kappa shape index (κ2) is 4.61. The van der Waals surface area contributed by atoms with Gasteiger partial charge in [0, 0.05) is 18.4 Å². The summed E-state index contributed by atoms with van der Waals surface area (Å²) in [5.74, 6) is -0.313. The fourth-order valence-corrected chi connectivity index (χ4v) is 2.36. The van der Waals surface area contributed by atoms with Crippen molar-refractivity contribution in [3.8, 4) is 0 Å². The van der Waals surface area contributed by atoms with Gasteiger partial charge in [0.15, 0.2) is 0 Å². The van der Waals surface area contributed by atoms with Crippen molar-refractivity contribution < 1.29 is 9.90 Å². The monoisotopic (exact) mass is 220 g/mol. The van der Waals surface area contributed by atoms with E-state index in [0.29, 0.717) is 5.92 Å². The van der Waals surface area contributed by atoms with Gasteiger partial charge in [0.1, 0.15) is 6.04 Å². The Labute approximate surface area is 94.9 Å². The molecule has 2 rings (SSSR count). The lowest BCUT2D eigenvalue weighted by molar-refractivity contribution is -0.141. The van der Waals surface area contributed by atoms with Crippen molar-refractivity contribution in [2.75, 3.05) is 13.6 Å². The van der Waals surface area contributed by atoms with Gasteiger partial charge in [0.25, 0.3) is 0 Å². The Kier molecular flexibility index (Phi) is 3.19. The summed E-state index contributed by atoms with van der Waals surface area (Å²) in [7, 11) is 1.87. The van der Waals surface area contributed by atoms with Crippen LogP contribution in [0, 0.1) is 5.92 Å². The molecule has 1 fully saturated rings. The number of carboxylic acid groups (broad SMARTS) is 1. The van der Waals surface area contributed by atoms with Gasteiger partial charge in [0.05, 0.1) is 0 Å². The minimum atomic E-state index is -0.717. The molecule has 1 saturated heterocycles. The first kappa shape index (κ1) is 11.1. The van der Waals surface area contributed by atoms with Gasteiger partial charge in [0.2, 0.25) is 0 Å². The summed E-state index contributed by atoms with van der Waals surface area (Å²) < 4.78 is 0. The third-order valence-electron chi connectivity index (χ3n) is 3.14. The molecule has 4 nitrogen and oxygen atoms in total. The highest BCUT2D eigenvalue weighted by atomic mass is 16.4. The normalized spacial score (nSPS) is 25.8. The smallest absolute Gasteiger partial charge is 0.320 e. The number of carbonyl (C=O) groups is 1. The predicted octanol–water partition coefficient (Wildman–Crippen LogP) is 1.03. The summed E-state index contributed by atoms with van der Waals surface area (Å²) in [5.41, 5.74) is 1.05. The number of pyridine rings is 1. The Bertz CT molecular complexity index is 367. The predicted molar refractivity (Wildman–Crippen MR) is 60.1 cm³/mol. The number of carboxylic acids is 1. The van der Waals surface area contributed by atoms with Crippen molar-refractivity contribution in [1.29, 1.82) is 0 Å². The van der Waals surface area contributed by atoms with Crippen LogP contribution in [0.1, 0.15) is 12.1 Å². The molecule has 0 aromatic carbocycles. The van der Waals surface area contributed by atoms with E-state index in [9.17, 15) is 4.79 Å². The van der Waals surface area contributed by atoms with E-state index in [2.05, 4.69) is 4.98 Å². The molecule has 1 N–H and O–H groups in total. The van der Waals surface area contributed by atoms with Crippen LogP contribution in [0.15, 0.2) is 24.4 Å². The molecule has 2 atom stereocenters. The van der Waals surface area contributed by atoms with Crippen LogP contribution < -0.4 is 0 Å². The second-order valence-electron chi connectivity index (χ2n) is 4.42. The fraction of sp³-hybridized carbons (Fsp3) is 0.500. The number of hydrogen-bond acceptors (Lipinski definition) is 3. The van der Waals surface area contributed by atoms with Gasteiger partial charge in [-0.2, -0.15) is 0 Å². The molecular formula is C12H16N2O2. The molecule has 1 unspecified atom stereocenters. The maximum absolute atomic E-state index is 11.0. The van der Waals surface area contributed by atoms with Crippen LogP contribution in [0.5, 0.6) is 0 Å². The van der Waals surface area contributed by atoms with Gasteiger partial charge in [-0.25, -0.2) is 0 Å². The van der Waals surface area contributed by atoms with Gasteiger partial charge in [-0.3, -0.25) is 14.7 Å². The minimum absolute atomic E-state index is 0.325. The van der Waals surface area contributed by atoms with Crippen LogP contribution in [0.3, 0.4) is 0 Å². The molecule has 1 aliphatic heterocycles. The lowest BCUT2D eigenvalue weighted by Crippen LogP contribution is -2.32. The molecule has 0 amide bonds. The van der Waals surface area contributed by atoms with Crippen LogP contribution >= 0.6 is 0 Å². The highest BCUT2D eigenvalue weighted by Gasteiger charge is 2.34. The summed E-state index contributed by atoms with van der Waals surface area (Å²) in [6.07, 6.45) is 3.38. The summed E-state index contributed by atoms with van der Waals surface area (Å²) in [6, 6.07) is 5.53. The fourth-order valence-electron chi connectivity index (χ4n) is 2.36. The zero-order valence-corrected chi connectivity index (χ0v) is 9.34. The van der Waals surface area contributed by atoms with Crippen molar-refractivity contribution in [2.24, 2.45) is 5.92 Å². The Hall–Kier alpha value is -1.42. The maximum Gasteiger partial charge on any atom is 0.320 e. The number of aliphatic carboxylic acids is 1. The molecule has 0 aliphatic carbocycles. The average molecular weight is 220 g/mol. The Morgan fingerprint density at radius 2 is 2.44 bits per heavy atom. The maximum atomic E-state index is 11.0. The highest BCUT2D eigenvalue weighted by Crippen LogP contribution is 2.24. The van der Waals surface area contributed by atoms with E-state index >= 15 is 0 Å². The number of rotatable bonds is 3. The Morgan fingerprint density at radius 3 is 3.00 bits per heavy atom. The van der Waals surface area contributed by atoms with E-state index in [1.165, 1.54) is 0 Å². The van der Waals surface area contributed by atoms with Crippen LogP contribution in [-0.4, -0.2) is 40.6 Å². The standard InChI is InChI=1S/C12H16N2O2/c1-14-8-9(7-11(14)12(15)16)6-10-4-2-3-5-13-10/h2-5,9,11H,6-8H2,1H3,(H,15,16)/t9?,11-/m0/s1. The van der Waals surface area contributed by atoms with E-state index in [-0.39, 0.29) is 6.04 Å². The van der Waals surface area contributed by atoms with Crippen molar-refractivity contribution in [1.82, 2.24) is 9.88 Å². The van der Waals surface area contributed by atoms with Gasteiger partial charge >= 0.3 is 5.97 Å². The lowest BCUT2D eigenvalue weighted by Gasteiger charge is -2.13. The zero-order chi connectivity index (χ0) is 11.5. The first-order valence-corrected chi connectivity index (χ1v) is 5.50. The van der Waals surface area contributed by atoms with E-state index in [1.54, 1.807) is 6.20 Å². The summed E-state index contributed by atoms with van der Waals surface area (Å²) in [4.78, 5) is 17.1. The molecule has 0 spiro atoms. The largest absolute Gasteiger partial charge is 0.480 e. The Morgan fingerprint density at radius 1 is 1.62 bits per heavy atom. The molecule has 0 bridgehead atoms. The third-order valence-corrected chi connectivity index (χ3v) is 3.14. The van der Waals surface area contributed by atoms with Crippen molar-refractivity contribution in [3.63, 3.8) is 0 Å². The second-order valence-corrected chi connectivity index (χ2v) is 4.42. The van der Waals surface area contributed by atoms with E-state index in [4.69, 9.17) is 5.11 Å². The van der Waals surface area contributed by atoms with Gasteiger partial charge in [-0.15, -0.1) is 0 Å². The van der Waals surface area contributed by atoms with Gasteiger partial charge < -0.3 is 5.11 Å². The third kappa shape index (κ3) is 2.39. The molecule has 86 valence electrons. The summed E-state index contributed by atoms with van der Waals surface area (Å²) >= 11 is 0. The molecule has 0 saturated carbocycles. The molecule has 2 heterocycles. The molecule has 1 aromatic rings. The number of aromatic nitrogens is 1. The van der Waals surface area contributed by atoms with Crippen molar-refractivity contribution >= 4 is 5.97 Å². The van der Waals surface area contributed by atoms with Gasteiger partial charge in [-0.1, -0.05) is 6.07 Å². The topological polar surface area (TPSA) is 53.4 Å². The van der Waals surface area contributed by atoms with Crippen LogP contribution in [0.25, 0.3) is 0 Å².